The molecule has 9 heavy (non-hydrogen) atoms. The molecule has 0 aromatic heterocycles. The van der Waals surface area contributed by atoms with Gasteiger partial charge in [-0.05, 0) is 0 Å². The fourth-order valence-electron chi connectivity index (χ4n) is 0.375. The van der Waals surface area contributed by atoms with Crippen LogP contribution >= 0.6 is 0 Å². The molecule has 3 heteroatoms. The molecule has 0 aliphatic carbocycles. The molecule has 0 atom stereocenters. The van der Waals surface area contributed by atoms with E-state index in [1.54, 1.807) is 0 Å². The van der Waals surface area contributed by atoms with Crippen molar-refractivity contribution < 1.29 is 0 Å². The molecule has 0 aliphatic heterocycles. The standard InChI is InChI=1S/C6H18Si3/c1-7-9(5,6)8(2,3)4/h1-6H3. The minimum atomic E-state index is -0.734. The summed E-state index contributed by atoms with van der Waals surface area (Å²) in [4.78, 5) is 0. The summed E-state index contributed by atoms with van der Waals surface area (Å²) in [6.07, 6.45) is 0. The molecule has 0 spiro atoms. The Bertz CT molecular complexity index is 91.0. The second-order valence-electron chi connectivity index (χ2n) is 4.12. The Kier molecular flexibility index (Phi) is 2.91. The first kappa shape index (κ1) is 9.65. The molecule has 0 aromatic rings. The molecule has 54 valence electrons. The summed E-state index contributed by atoms with van der Waals surface area (Å²) >= 11 is 0. The van der Waals surface area contributed by atoms with Crippen molar-refractivity contribution in [1.82, 2.24) is 0 Å². The van der Waals surface area contributed by atoms with Crippen molar-refractivity contribution >= 4 is 23.7 Å². The first-order valence-corrected chi connectivity index (χ1v) is 13.5. The normalized spacial score (nSPS) is 14.0. The van der Waals surface area contributed by atoms with Crippen molar-refractivity contribution in [2.24, 2.45) is 0 Å². The van der Waals surface area contributed by atoms with Crippen LogP contribution < -0.4 is 0 Å². The third-order valence-electron chi connectivity index (χ3n) is 2.50. The lowest BCUT2D eigenvalue weighted by Crippen LogP contribution is -2.56. The van der Waals surface area contributed by atoms with Gasteiger partial charge in [-0.3, -0.25) is 0 Å². The molecule has 0 amide bonds. The predicted molar refractivity (Wildman–Crippen MR) is 52.4 cm³/mol. The van der Waals surface area contributed by atoms with Crippen molar-refractivity contribution in [2.75, 3.05) is 0 Å². The average molecular weight is 174 g/mol. The molecule has 0 unspecified atom stereocenters. The van der Waals surface area contributed by atoms with Crippen LogP contribution in [-0.4, -0.2) is 23.7 Å². The zero-order chi connectivity index (χ0) is 7.71. The minimum absolute atomic E-state index is 0.712. The predicted octanol–water partition coefficient (Wildman–Crippen LogP) is 2.36. The summed E-state index contributed by atoms with van der Waals surface area (Å²) in [5, 5.41) is 0. The first-order chi connectivity index (χ1) is 3.81. The molecule has 0 heterocycles. The Labute approximate surface area is 63.5 Å². The zero-order valence-corrected chi connectivity index (χ0v) is 10.5. The van der Waals surface area contributed by atoms with Gasteiger partial charge in [-0.2, -0.15) is 0 Å². The van der Waals surface area contributed by atoms with Crippen LogP contribution in [0.25, 0.3) is 0 Å². The van der Waals surface area contributed by atoms with Gasteiger partial charge in [0.15, 0.2) is 0 Å². The molecule has 2 radical (unpaired) electrons. The van der Waals surface area contributed by atoms with E-state index in [1.165, 1.54) is 9.04 Å². The third kappa shape index (κ3) is 2.39. The van der Waals surface area contributed by atoms with Crippen LogP contribution in [0.5, 0.6) is 0 Å². The Morgan fingerprint density at radius 1 is 0.889 bits per heavy atom. The van der Waals surface area contributed by atoms with Crippen LogP contribution in [0.1, 0.15) is 0 Å². The maximum atomic E-state index is 2.54. The van der Waals surface area contributed by atoms with Crippen LogP contribution in [0.4, 0.5) is 0 Å². The van der Waals surface area contributed by atoms with E-state index in [9.17, 15) is 0 Å². The Morgan fingerprint density at radius 3 is 1.22 bits per heavy atom. The topological polar surface area (TPSA) is 0 Å². The van der Waals surface area contributed by atoms with E-state index in [-0.39, 0.29) is 0 Å². The van der Waals surface area contributed by atoms with Crippen molar-refractivity contribution in [3.8, 4) is 0 Å². The maximum absolute atomic E-state index is 2.54. The summed E-state index contributed by atoms with van der Waals surface area (Å²) in [6, 6.07) is 0. The summed E-state index contributed by atoms with van der Waals surface area (Å²) in [5.74, 6) is 0. The van der Waals surface area contributed by atoms with Crippen LogP contribution in [0.15, 0.2) is 0 Å². The van der Waals surface area contributed by atoms with Crippen LogP contribution in [0, 0.1) is 0 Å². The molecule has 0 rings (SSSR count). The molecule has 0 bridgehead atoms. The highest BCUT2D eigenvalue weighted by Crippen LogP contribution is 2.16. The lowest BCUT2D eigenvalue weighted by molar-refractivity contribution is 1.78. The van der Waals surface area contributed by atoms with Gasteiger partial charge in [-0.15, -0.1) is 0 Å². The van der Waals surface area contributed by atoms with Gasteiger partial charge in [0, 0.05) is 23.7 Å². The highest BCUT2D eigenvalue weighted by molar-refractivity contribution is 7.59. The van der Waals surface area contributed by atoms with E-state index >= 15 is 0 Å². The van der Waals surface area contributed by atoms with Crippen molar-refractivity contribution in [3.05, 3.63) is 0 Å². The number of hydrogen-bond donors (Lipinski definition) is 0. The number of rotatable bonds is 2. The highest BCUT2D eigenvalue weighted by Gasteiger charge is 2.34. The second-order valence-corrected chi connectivity index (χ2v) is 27.4. The number of hydrogen-bond acceptors (Lipinski definition) is 0. The van der Waals surface area contributed by atoms with Gasteiger partial charge in [0.2, 0.25) is 0 Å². The van der Waals surface area contributed by atoms with Gasteiger partial charge in [-0.1, -0.05) is 39.3 Å². The van der Waals surface area contributed by atoms with Gasteiger partial charge < -0.3 is 0 Å². The summed E-state index contributed by atoms with van der Waals surface area (Å²) in [7, 11) is -0.209. The zero-order valence-electron chi connectivity index (χ0n) is 7.50. The third-order valence-corrected chi connectivity index (χ3v) is 31.5. The van der Waals surface area contributed by atoms with E-state index in [0.29, 0.717) is 0 Å². The Morgan fingerprint density at radius 2 is 1.22 bits per heavy atom. The Hall–Kier alpha value is 0.651. The first-order valence-electron chi connectivity index (χ1n) is 3.50. The molecule has 0 aliphatic rings. The quantitative estimate of drug-likeness (QED) is 0.564. The van der Waals surface area contributed by atoms with E-state index in [2.05, 4.69) is 39.3 Å². The lowest BCUT2D eigenvalue weighted by atomic mass is 11.8. The average Bonchev–Trinajstić information content (AvgIpc) is 1.64. The maximum Gasteiger partial charge on any atom is 0.0351 e. The van der Waals surface area contributed by atoms with Gasteiger partial charge in [0.1, 0.15) is 0 Å². The molecule has 0 aromatic carbocycles. The lowest BCUT2D eigenvalue weighted by Gasteiger charge is -2.33. The van der Waals surface area contributed by atoms with Crippen molar-refractivity contribution in [2.45, 2.75) is 39.3 Å². The summed E-state index contributed by atoms with van der Waals surface area (Å²) in [5.41, 5.74) is 0. The van der Waals surface area contributed by atoms with E-state index in [4.69, 9.17) is 0 Å². The van der Waals surface area contributed by atoms with E-state index in [1.807, 2.05) is 0 Å². The summed E-state index contributed by atoms with van der Waals surface area (Å²) in [6.45, 7) is 15.0. The molecule has 0 fully saturated rings. The fourth-order valence-corrected chi connectivity index (χ4v) is 10.1. The van der Waals surface area contributed by atoms with Crippen molar-refractivity contribution in [1.29, 1.82) is 0 Å². The molecule has 0 saturated carbocycles. The van der Waals surface area contributed by atoms with Crippen LogP contribution in [-0.2, 0) is 0 Å². The highest BCUT2D eigenvalue weighted by atomic mass is 29.6. The molecule has 0 nitrogen and oxygen atoms in total. The fraction of sp³-hybridized carbons (Fsp3) is 1.00. The Balaban J connectivity index is 4.14. The molecule has 0 N–H and O–H groups in total. The van der Waals surface area contributed by atoms with Gasteiger partial charge in [-0.25, -0.2) is 0 Å². The van der Waals surface area contributed by atoms with Crippen LogP contribution in [0.3, 0.4) is 0 Å². The van der Waals surface area contributed by atoms with Gasteiger partial charge in [0.05, 0.1) is 0 Å². The van der Waals surface area contributed by atoms with Crippen LogP contribution in [0.2, 0.25) is 39.3 Å². The second kappa shape index (κ2) is 2.72. The van der Waals surface area contributed by atoms with Gasteiger partial charge >= 0.3 is 0 Å². The molecule has 0 saturated heterocycles. The minimum Gasteiger partial charge on any atom is -0.0756 e. The monoisotopic (exact) mass is 174 g/mol. The van der Waals surface area contributed by atoms with E-state index in [0.717, 1.165) is 0 Å². The molecular formula is C6H18Si3. The smallest absolute Gasteiger partial charge is 0.0351 e. The molecular weight excluding hydrogens is 156 g/mol. The van der Waals surface area contributed by atoms with Crippen molar-refractivity contribution in [3.63, 3.8) is 0 Å². The SMILES string of the molecule is C[Si][Si](C)(C)[Si](C)(C)C. The largest absolute Gasteiger partial charge is 0.0756 e. The van der Waals surface area contributed by atoms with E-state index < -0.39 is 14.7 Å². The summed E-state index contributed by atoms with van der Waals surface area (Å²) < 4.78 is 0. The van der Waals surface area contributed by atoms with Gasteiger partial charge in [0.25, 0.3) is 0 Å².